The summed E-state index contributed by atoms with van der Waals surface area (Å²) < 4.78 is 39.9. The van der Waals surface area contributed by atoms with E-state index in [1.54, 1.807) is 0 Å². The number of aliphatic hydroxyl groups is 4. The summed E-state index contributed by atoms with van der Waals surface area (Å²) in [6.45, 7) is 2.02. The van der Waals surface area contributed by atoms with Gasteiger partial charge in [-0.05, 0) is 44.1 Å². The Morgan fingerprint density at radius 2 is 1.96 bits per heavy atom. The Morgan fingerprint density at radius 3 is 2.61 bits per heavy atom. The van der Waals surface area contributed by atoms with E-state index in [0.29, 0.717) is 0 Å². The number of hydrogen-bond acceptors (Lipinski definition) is 5. The first kappa shape index (κ1) is 18.9. The van der Waals surface area contributed by atoms with E-state index >= 15 is 8.78 Å². The number of halogens is 2. The van der Waals surface area contributed by atoms with Crippen molar-refractivity contribution in [1.82, 2.24) is 0 Å². The number of hydrogen-bond donors (Lipinski definition) is 4. The fraction of sp³-hybridized carbons (Fsp3) is 0.762. The first-order valence-corrected chi connectivity index (χ1v) is 9.77. The first-order valence-electron chi connectivity index (χ1n) is 10.3. The van der Waals surface area contributed by atoms with Crippen molar-refractivity contribution in [3.05, 3.63) is 23.8 Å². The van der Waals surface area contributed by atoms with Crippen LogP contribution < -0.4 is 0 Å². The van der Waals surface area contributed by atoms with Gasteiger partial charge in [-0.1, -0.05) is 25.2 Å². The quantitative estimate of drug-likeness (QED) is 0.526. The van der Waals surface area contributed by atoms with Gasteiger partial charge in [0.15, 0.2) is 17.1 Å². The summed E-state index contributed by atoms with van der Waals surface area (Å²) >= 11 is 0. The summed E-state index contributed by atoms with van der Waals surface area (Å²) in [5, 5.41) is 42.1. The van der Waals surface area contributed by atoms with E-state index in [2.05, 4.69) is 0 Å². The van der Waals surface area contributed by atoms with Gasteiger partial charge in [0.25, 0.3) is 0 Å². The smallest absolute Gasteiger partial charge is 0.192 e. The molecule has 0 bridgehead atoms. The largest absolute Gasteiger partial charge is 0.390 e. The molecular formula is C21H28F2O5. The molecule has 0 heterocycles. The molecule has 3 fully saturated rings. The van der Waals surface area contributed by atoms with Crippen molar-refractivity contribution >= 4 is 5.78 Å². The fourth-order valence-corrected chi connectivity index (χ4v) is 6.84. The van der Waals surface area contributed by atoms with E-state index in [1.807, 2.05) is 0 Å². The molecule has 4 aliphatic rings. The van der Waals surface area contributed by atoms with Crippen LogP contribution in [0.2, 0.25) is 0 Å². The topological polar surface area (TPSA) is 98.0 Å². The summed E-state index contributed by atoms with van der Waals surface area (Å²) in [6, 6.07) is 0. The zero-order chi connectivity index (χ0) is 21.6. The lowest BCUT2D eigenvalue weighted by molar-refractivity contribution is -0.226. The molecule has 1 unspecified atom stereocenters. The number of fused-ring (bicyclic) bond motifs is 5. The Hall–Kier alpha value is -1.15. The lowest BCUT2D eigenvalue weighted by Crippen LogP contribution is -2.70. The Kier molecular flexibility index (Phi) is 4.00. The van der Waals surface area contributed by atoms with E-state index in [1.165, 1.54) is 32.1 Å². The van der Waals surface area contributed by atoms with Crippen molar-refractivity contribution in [2.75, 3.05) is 6.61 Å². The molecular weight excluding hydrogens is 370 g/mol. The van der Waals surface area contributed by atoms with Crippen molar-refractivity contribution in [2.24, 2.45) is 22.7 Å². The van der Waals surface area contributed by atoms with E-state index in [0.717, 1.165) is 0 Å². The minimum Gasteiger partial charge on any atom is -0.390 e. The predicted octanol–water partition coefficient (Wildman–Crippen LogP) is 1.39. The number of aliphatic hydroxyl groups excluding tert-OH is 3. The third-order valence-corrected chi connectivity index (χ3v) is 8.36. The van der Waals surface area contributed by atoms with E-state index in [9.17, 15) is 25.2 Å². The summed E-state index contributed by atoms with van der Waals surface area (Å²) in [7, 11) is 0. The van der Waals surface area contributed by atoms with Gasteiger partial charge in [-0.25, -0.2) is 8.78 Å². The van der Waals surface area contributed by atoms with Crippen molar-refractivity contribution in [1.29, 1.82) is 0 Å². The highest BCUT2D eigenvalue weighted by atomic mass is 19.1. The summed E-state index contributed by atoms with van der Waals surface area (Å²) in [4.78, 5) is 12.4. The van der Waals surface area contributed by atoms with Gasteiger partial charge < -0.3 is 20.4 Å². The molecule has 4 aliphatic carbocycles. The van der Waals surface area contributed by atoms with Crippen LogP contribution >= 0.6 is 0 Å². The highest BCUT2D eigenvalue weighted by Gasteiger charge is 2.77. The Balaban J connectivity index is 1.86. The number of allylic oxidation sites excluding steroid dienone is 4. The Morgan fingerprint density at radius 1 is 1.29 bits per heavy atom. The maximum atomic E-state index is 16.8. The van der Waals surface area contributed by atoms with Crippen LogP contribution in [-0.4, -0.2) is 62.5 Å². The third kappa shape index (κ3) is 2.01. The van der Waals surface area contributed by atoms with Gasteiger partial charge in [-0.15, -0.1) is 0 Å². The highest BCUT2D eigenvalue weighted by molar-refractivity contribution is 5.90. The molecule has 3 saturated carbocycles. The maximum Gasteiger partial charge on any atom is 0.192 e. The number of rotatable bonds is 2. The van der Waals surface area contributed by atoms with Crippen molar-refractivity contribution < 1.29 is 35.4 Å². The van der Waals surface area contributed by atoms with Crippen molar-refractivity contribution in [2.45, 2.75) is 69.2 Å². The van der Waals surface area contributed by atoms with Crippen LogP contribution in [-0.2, 0) is 4.79 Å². The number of Topliss-reactive ketones (excluding diaryl/α,β-unsaturated/α-hetero) is 1. The van der Waals surface area contributed by atoms with Crippen molar-refractivity contribution in [3.8, 4) is 0 Å². The first-order chi connectivity index (χ1) is 13.4. The van der Waals surface area contributed by atoms with Crippen LogP contribution in [0.4, 0.5) is 8.78 Å². The zero-order valence-electron chi connectivity index (χ0n) is 17.0. The lowest BCUT2D eigenvalue weighted by Gasteiger charge is -2.63. The number of alkyl halides is 2. The minimum atomic E-state index is -2.34. The molecule has 0 aromatic carbocycles. The predicted molar refractivity (Wildman–Crippen MR) is 96.7 cm³/mol. The number of carbonyl (C=O) groups is 1. The van der Waals surface area contributed by atoms with Crippen LogP contribution in [0.15, 0.2) is 23.8 Å². The summed E-state index contributed by atoms with van der Waals surface area (Å²) in [6.07, 6.45) is -1.92. The second kappa shape index (κ2) is 5.94. The average Bonchev–Trinajstić information content (AvgIpc) is 2.86. The zero-order valence-corrected chi connectivity index (χ0v) is 16.0. The number of ketones is 1. The molecule has 0 spiro atoms. The molecule has 0 saturated heterocycles. The SMILES string of the molecule is [2H]C1C=C[C@@]2(C)C(=C1)[C@@H](F)C[C@H]1[C@@H]3C[C@@H](O)[C@](O)(C(=O)CO)[C@@]3(C)C[C@H](O)[C@@]12F. The van der Waals surface area contributed by atoms with Gasteiger partial charge in [0.05, 0.1) is 12.2 Å². The van der Waals surface area contributed by atoms with Gasteiger partial charge in [-0.3, -0.25) is 4.79 Å². The van der Waals surface area contributed by atoms with Gasteiger partial charge in [0, 0.05) is 18.1 Å². The van der Waals surface area contributed by atoms with Gasteiger partial charge in [0.2, 0.25) is 0 Å². The fourth-order valence-electron chi connectivity index (χ4n) is 6.84. The van der Waals surface area contributed by atoms with E-state index < -0.39 is 71.1 Å². The molecule has 7 heteroatoms. The Bertz CT molecular complexity index is 804. The standard InChI is InChI=1S/C21H28F2O5/c1-18-6-4-3-5-11(18)14(22)7-13-12-8-15(25)21(28,17(27)10-24)19(12,2)9-16(26)20(13,18)23/h4-6,12-16,24-26,28H,3,7-10H2,1-2H3/t12-,13-,14-,15+,16-,18-,19-,20-,21-/m0/s1/i3D/t3?,12-,13-,14-,15+,16-,18-,19-,20-,21-. The lowest BCUT2D eigenvalue weighted by atomic mass is 9.44. The second-order valence-electron chi connectivity index (χ2n) is 9.30. The molecule has 28 heavy (non-hydrogen) atoms. The third-order valence-electron chi connectivity index (χ3n) is 8.36. The highest BCUT2D eigenvalue weighted by Crippen LogP contribution is 2.70. The van der Waals surface area contributed by atoms with Crippen LogP contribution in [0.1, 0.15) is 40.9 Å². The second-order valence-corrected chi connectivity index (χ2v) is 9.30. The molecule has 0 radical (unpaired) electrons. The van der Waals surface area contributed by atoms with Gasteiger partial charge in [0.1, 0.15) is 12.8 Å². The monoisotopic (exact) mass is 399 g/mol. The van der Waals surface area contributed by atoms with E-state index in [4.69, 9.17) is 1.37 Å². The average molecular weight is 399 g/mol. The normalized spacial score (nSPS) is 58.3. The maximum absolute atomic E-state index is 16.8. The summed E-state index contributed by atoms with van der Waals surface area (Å²) in [5.41, 5.74) is -7.37. The van der Waals surface area contributed by atoms with Crippen LogP contribution in [0.25, 0.3) is 0 Å². The molecule has 5 nitrogen and oxygen atoms in total. The molecule has 4 N–H and O–H groups in total. The van der Waals surface area contributed by atoms with Crippen LogP contribution in [0.3, 0.4) is 0 Å². The molecule has 4 rings (SSSR count). The number of carbonyl (C=O) groups excluding carboxylic acids is 1. The minimum absolute atomic E-state index is 0.131. The molecule has 0 aromatic heterocycles. The molecule has 0 aliphatic heterocycles. The van der Waals surface area contributed by atoms with Gasteiger partial charge in [-0.2, -0.15) is 0 Å². The molecule has 0 aromatic rings. The van der Waals surface area contributed by atoms with Crippen LogP contribution in [0.5, 0.6) is 0 Å². The van der Waals surface area contributed by atoms with Crippen LogP contribution in [0, 0.1) is 22.7 Å². The van der Waals surface area contributed by atoms with Crippen molar-refractivity contribution in [3.63, 3.8) is 0 Å². The Labute approximate surface area is 164 Å². The summed E-state index contributed by atoms with van der Waals surface area (Å²) in [5.74, 6) is -2.82. The van der Waals surface area contributed by atoms with Gasteiger partial charge >= 0.3 is 0 Å². The molecule has 156 valence electrons. The van der Waals surface area contributed by atoms with E-state index in [-0.39, 0.29) is 24.8 Å². The molecule has 0 amide bonds. The molecule has 10 atom stereocenters.